The van der Waals surface area contributed by atoms with Crippen LogP contribution in [0.4, 0.5) is 0 Å². The number of nitrogens with zero attached hydrogens (tertiary/aromatic N) is 2. The van der Waals surface area contributed by atoms with Crippen LogP contribution in [0.15, 0.2) is 18.2 Å². The van der Waals surface area contributed by atoms with Gasteiger partial charge < -0.3 is 14.5 Å². The maximum absolute atomic E-state index is 12.5. The summed E-state index contributed by atoms with van der Waals surface area (Å²) in [6.45, 7) is 13.2. The Morgan fingerprint density at radius 3 is 2.22 bits per heavy atom. The predicted octanol–water partition coefficient (Wildman–Crippen LogP) is 3.57. The third-order valence-electron chi connectivity index (χ3n) is 4.97. The summed E-state index contributed by atoms with van der Waals surface area (Å²) in [5.74, 6) is 1.25. The molecule has 1 aromatic rings. The molecular formula is C22H34N2O3. The van der Waals surface area contributed by atoms with Crippen molar-refractivity contribution in [3.05, 3.63) is 29.3 Å². The third-order valence-corrected chi connectivity index (χ3v) is 4.97. The molecule has 0 aliphatic carbocycles. The van der Waals surface area contributed by atoms with E-state index in [2.05, 4.69) is 0 Å². The average molecular weight is 375 g/mol. The molecule has 1 aromatic carbocycles. The van der Waals surface area contributed by atoms with Crippen molar-refractivity contribution in [3.8, 4) is 5.75 Å². The second-order valence-corrected chi connectivity index (χ2v) is 8.45. The fourth-order valence-electron chi connectivity index (χ4n) is 3.43. The van der Waals surface area contributed by atoms with Crippen LogP contribution in [0, 0.1) is 19.3 Å². The normalized spacial score (nSPS) is 15.4. The molecule has 1 aliphatic heterocycles. The number of para-hydroxylation sites is 1. The topological polar surface area (TPSA) is 49.9 Å². The molecule has 2 rings (SSSR count). The van der Waals surface area contributed by atoms with E-state index in [0.29, 0.717) is 32.5 Å². The van der Waals surface area contributed by atoms with E-state index >= 15 is 0 Å². The first-order valence-corrected chi connectivity index (χ1v) is 9.96. The lowest BCUT2D eigenvalue weighted by Crippen LogP contribution is -2.42. The van der Waals surface area contributed by atoms with Gasteiger partial charge in [0.25, 0.3) is 0 Å². The Labute approximate surface area is 163 Å². The maximum atomic E-state index is 12.5. The molecule has 5 nitrogen and oxygen atoms in total. The number of amides is 2. The van der Waals surface area contributed by atoms with Crippen molar-refractivity contribution in [1.82, 2.24) is 9.80 Å². The van der Waals surface area contributed by atoms with E-state index in [1.165, 1.54) is 0 Å². The monoisotopic (exact) mass is 374 g/mol. The minimum atomic E-state index is -0.371. The summed E-state index contributed by atoms with van der Waals surface area (Å²) in [7, 11) is 0. The highest BCUT2D eigenvalue weighted by molar-refractivity contribution is 5.82. The number of benzene rings is 1. The van der Waals surface area contributed by atoms with Gasteiger partial charge in [0.1, 0.15) is 5.75 Å². The second-order valence-electron chi connectivity index (χ2n) is 8.45. The van der Waals surface area contributed by atoms with E-state index in [0.717, 1.165) is 36.4 Å². The fourth-order valence-corrected chi connectivity index (χ4v) is 3.43. The molecule has 0 aromatic heterocycles. The number of hydrogen-bond donors (Lipinski definition) is 0. The Morgan fingerprint density at radius 1 is 1.00 bits per heavy atom. The summed E-state index contributed by atoms with van der Waals surface area (Å²) in [6.07, 6.45) is 2.03. The highest BCUT2D eigenvalue weighted by Gasteiger charge is 2.29. The van der Waals surface area contributed by atoms with Gasteiger partial charge in [0, 0.05) is 38.0 Å². The van der Waals surface area contributed by atoms with Crippen molar-refractivity contribution in [1.29, 1.82) is 0 Å². The molecule has 150 valence electrons. The zero-order valence-corrected chi connectivity index (χ0v) is 17.5. The first-order chi connectivity index (χ1) is 12.7. The Hall–Kier alpha value is -2.04. The molecule has 5 heteroatoms. The van der Waals surface area contributed by atoms with Crippen molar-refractivity contribution in [3.63, 3.8) is 0 Å². The summed E-state index contributed by atoms with van der Waals surface area (Å²) < 4.78 is 5.89. The summed E-state index contributed by atoms with van der Waals surface area (Å²) in [6, 6.07) is 6.10. The van der Waals surface area contributed by atoms with E-state index in [9.17, 15) is 9.59 Å². The molecule has 27 heavy (non-hydrogen) atoms. The van der Waals surface area contributed by atoms with Crippen molar-refractivity contribution in [2.75, 3.05) is 32.8 Å². The zero-order valence-electron chi connectivity index (χ0n) is 17.5. The Bertz CT molecular complexity index is 644. The highest BCUT2D eigenvalue weighted by atomic mass is 16.5. The maximum Gasteiger partial charge on any atom is 0.228 e. The largest absolute Gasteiger partial charge is 0.493 e. The molecule has 0 saturated carbocycles. The molecular weight excluding hydrogens is 340 g/mol. The SMILES string of the molecule is Cc1cccc(C)c1OCCCC(=O)N1CCCN(C(=O)C(C)(C)C)CC1. The van der Waals surface area contributed by atoms with Crippen LogP contribution in [0.3, 0.4) is 0 Å². The summed E-state index contributed by atoms with van der Waals surface area (Å²) in [4.78, 5) is 28.8. The molecule has 0 bridgehead atoms. The smallest absolute Gasteiger partial charge is 0.228 e. The van der Waals surface area contributed by atoms with Gasteiger partial charge in [-0.25, -0.2) is 0 Å². The molecule has 0 N–H and O–H groups in total. The van der Waals surface area contributed by atoms with Crippen LogP contribution in [0.2, 0.25) is 0 Å². The van der Waals surface area contributed by atoms with Gasteiger partial charge in [-0.2, -0.15) is 0 Å². The minimum Gasteiger partial charge on any atom is -0.493 e. The predicted molar refractivity (Wildman–Crippen MR) is 108 cm³/mol. The first kappa shape index (κ1) is 21.3. The van der Waals surface area contributed by atoms with Crippen LogP contribution in [-0.2, 0) is 9.59 Å². The van der Waals surface area contributed by atoms with Gasteiger partial charge in [-0.1, -0.05) is 39.0 Å². The summed E-state index contributed by atoms with van der Waals surface area (Å²) in [5, 5.41) is 0. The van der Waals surface area contributed by atoms with Crippen LogP contribution in [0.1, 0.15) is 51.2 Å². The van der Waals surface area contributed by atoms with Gasteiger partial charge in [-0.3, -0.25) is 9.59 Å². The van der Waals surface area contributed by atoms with Gasteiger partial charge in [-0.05, 0) is 37.8 Å². The van der Waals surface area contributed by atoms with Crippen LogP contribution in [-0.4, -0.2) is 54.4 Å². The number of carbonyl (C=O) groups excluding carboxylic acids is 2. The van der Waals surface area contributed by atoms with E-state index in [-0.39, 0.29) is 17.2 Å². The number of carbonyl (C=O) groups is 2. The Balaban J connectivity index is 1.77. The fraction of sp³-hybridized carbons (Fsp3) is 0.636. The Kier molecular flexibility index (Phi) is 7.28. The highest BCUT2D eigenvalue weighted by Crippen LogP contribution is 2.22. The van der Waals surface area contributed by atoms with Gasteiger partial charge in [0.05, 0.1) is 6.61 Å². The summed E-state index contributed by atoms with van der Waals surface area (Å²) >= 11 is 0. The van der Waals surface area contributed by atoms with Crippen molar-refractivity contribution in [2.24, 2.45) is 5.41 Å². The first-order valence-electron chi connectivity index (χ1n) is 9.96. The quantitative estimate of drug-likeness (QED) is 0.741. The molecule has 0 radical (unpaired) electrons. The molecule has 0 atom stereocenters. The molecule has 0 unspecified atom stereocenters. The molecule has 1 aliphatic rings. The van der Waals surface area contributed by atoms with E-state index in [4.69, 9.17) is 4.74 Å². The molecule has 1 saturated heterocycles. The molecule has 0 spiro atoms. The number of rotatable bonds is 5. The summed E-state index contributed by atoms with van der Waals surface area (Å²) in [5.41, 5.74) is 1.87. The van der Waals surface area contributed by atoms with Crippen molar-refractivity contribution in [2.45, 2.75) is 53.9 Å². The molecule has 1 fully saturated rings. The van der Waals surface area contributed by atoms with E-state index in [1.807, 2.05) is 62.6 Å². The van der Waals surface area contributed by atoms with Crippen LogP contribution in [0.25, 0.3) is 0 Å². The number of hydrogen-bond acceptors (Lipinski definition) is 3. The average Bonchev–Trinajstić information content (AvgIpc) is 2.85. The van der Waals surface area contributed by atoms with Crippen molar-refractivity contribution < 1.29 is 14.3 Å². The lowest BCUT2D eigenvalue weighted by Gasteiger charge is -2.28. The van der Waals surface area contributed by atoms with Crippen molar-refractivity contribution >= 4 is 11.8 Å². The van der Waals surface area contributed by atoms with Gasteiger partial charge in [0.15, 0.2) is 0 Å². The van der Waals surface area contributed by atoms with Crippen LogP contribution < -0.4 is 4.74 Å². The van der Waals surface area contributed by atoms with Crippen LogP contribution >= 0.6 is 0 Å². The van der Waals surface area contributed by atoms with E-state index in [1.54, 1.807) is 0 Å². The standard InChI is InChI=1S/C22H34N2O3/c1-17-9-6-10-18(2)20(17)27-16-7-11-19(25)23-12-8-13-24(15-14-23)21(26)22(3,4)5/h6,9-10H,7-8,11-16H2,1-5H3. The number of ether oxygens (including phenoxy) is 1. The third kappa shape index (κ3) is 5.98. The zero-order chi connectivity index (χ0) is 20.0. The number of aryl methyl sites for hydroxylation is 2. The van der Waals surface area contributed by atoms with Crippen LogP contribution in [0.5, 0.6) is 5.75 Å². The van der Waals surface area contributed by atoms with Gasteiger partial charge >= 0.3 is 0 Å². The lowest BCUT2D eigenvalue weighted by molar-refractivity contribution is -0.140. The Morgan fingerprint density at radius 2 is 1.59 bits per heavy atom. The second kappa shape index (κ2) is 9.25. The van der Waals surface area contributed by atoms with Gasteiger partial charge in [-0.15, -0.1) is 0 Å². The minimum absolute atomic E-state index is 0.158. The molecule has 1 heterocycles. The van der Waals surface area contributed by atoms with Gasteiger partial charge in [0.2, 0.25) is 11.8 Å². The molecule has 2 amide bonds. The van der Waals surface area contributed by atoms with E-state index < -0.39 is 0 Å². The lowest BCUT2D eigenvalue weighted by atomic mass is 9.94.